The molecule has 0 N–H and O–H groups in total. The van der Waals surface area contributed by atoms with Gasteiger partial charge in [0.05, 0.1) is 6.72 Å². The van der Waals surface area contributed by atoms with Gasteiger partial charge in [0.15, 0.2) is 11.7 Å². The van der Waals surface area contributed by atoms with Crippen molar-refractivity contribution in [3.63, 3.8) is 0 Å². The zero-order chi connectivity index (χ0) is 16.6. The summed E-state index contributed by atoms with van der Waals surface area (Å²) in [5.41, 5.74) is 6.53. The molecule has 0 saturated carbocycles. The average molecular weight is 324 g/mol. The fourth-order valence-corrected chi connectivity index (χ4v) is 4.27. The number of hydrogen-bond donors (Lipinski definition) is 0. The molecular weight excluding hydrogens is 299 g/mol. The first-order valence-corrected chi connectivity index (χ1v) is 10.4. The van der Waals surface area contributed by atoms with Crippen LogP contribution >= 0.6 is 7.92 Å². The van der Waals surface area contributed by atoms with Crippen molar-refractivity contribution in [1.82, 2.24) is 4.90 Å². The minimum Gasteiger partial charge on any atom is -0.305 e. The SMILES string of the molecule is C=[N+]1c2c(cccc2CN(C)C)C=C2C=CC=C(CP(C)C)[C-]21. The molecule has 1 aromatic carbocycles. The summed E-state index contributed by atoms with van der Waals surface area (Å²) in [6.45, 7) is 10.0. The van der Waals surface area contributed by atoms with Crippen molar-refractivity contribution < 1.29 is 4.58 Å². The van der Waals surface area contributed by atoms with Crippen molar-refractivity contribution >= 4 is 26.4 Å². The highest BCUT2D eigenvalue weighted by atomic mass is 31.1. The van der Waals surface area contributed by atoms with E-state index in [-0.39, 0.29) is 7.92 Å². The molecule has 3 heteroatoms. The Bertz CT molecular complexity index is 723. The Morgan fingerprint density at radius 2 is 2.04 bits per heavy atom. The molecule has 0 fully saturated rings. The third kappa shape index (κ3) is 3.20. The molecule has 3 rings (SSSR count). The lowest BCUT2D eigenvalue weighted by Gasteiger charge is -2.32. The molecule has 23 heavy (non-hydrogen) atoms. The van der Waals surface area contributed by atoms with E-state index >= 15 is 0 Å². The summed E-state index contributed by atoms with van der Waals surface area (Å²) in [6, 6.07) is 7.83. The summed E-state index contributed by atoms with van der Waals surface area (Å²) in [6.07, 6.45) is 10.1. The van der Waals surface area contributed by atoms with Crippen molar-refractivity contribution in [1.29, 1.82) is 0 Å². The summed E-state index contributed by atoms with van der Waals surface area (Å²) >= 11 is 0. The van der Waals surface area contributed by atoms with Gasteiger partial charge in [0.1, 0.15) is 0 Å². The van der Waals surface area contributed by atoms with E-state index in [4.69, 9.17) is 0 Å². The van der Waals surface area contributed by atoms with Crippen LogP contribution in [0.15, 0.2) is 47.6 Å². The Hall–Kier alpha value is -1.63. The molecule has 1 heterocycles. The van der Waals surface area contributed by atoms with Crippen LogP contribution in [0.1, 0.15) is 11.1 Å². The number of para-hydroxylation sites is 1. The molecule has 0 atom stereocenters. The monoisotopic (exact) mass is 324 g/mol. The van der Waals surface area contributed by atoms with Crippen LogP contribution in [0.2, 0.25) is 0 Å². The zero-order valence-corrected chi connectivity index (χ0v) is 15.4. The topological polar surface area (TPSA) is 6.25 Å². The number of allylic oxidation sites excluding steroid dienone is 2. The second-order valence-corrected chi connectivity index (χ2v) is 9.23. The van der Waals surface area contributed by atoms with Crippen molar-refractivity contribution in [3.8, 4) is 0 Å². The first kappa shape index (κ1) is 16.2. The molecule has 1 aliphatic heterocycles. The zero-order valence-electron chi connectivity index (χ0n) is 14.5. The smallest absolute Gasteiger partial charge is 0.164 e. The maximum absolute atomic E-state index is 4.42. The van der Waals surface area contributed by atoms with Crippen molar-refractivity contribution in [2.24, 2.45) is 0 Å². The number of fused-ring (bicyclic) bond motifs is 2. The maximum Gasteiger partial charge on any atom is 0.164 e. The van der Waals surface area contributed by atoms with E-state index in [2.05, 4.69) is 86.1 Å². The standard InChI is InChI=1S/C20H25N2P/c1-21(2)13-17-10-6-8-15-12-16-9-7-11-18(14-23(4)5)20(16)22(3)19(15)17/h6-12H,3,13-14H2,1-2,4-5H3. The van der Waals surface area contributed by atoms with Gasteiger partial charge in [0, 0.05) is 12.1 Å². The number of hydrogen-bond acceptors (Lipinski definition) is 1. The van der Waals surface area contributed by atoms with Gasteiger partial charge in [-0.25, -0.2) is 4.58 Å². The number of nitrogens with zero attached hydrogens (tertiary/aromatic N) is 2. The van der Waals surface area contributed by atoms with Crippen LogP contribution in [0, 0.1) is 6.04 Å². The largest absolute Gasteiger partial charge is 0.305 e. The van der Waals surface area contributed by atoms with Gasteiger partial charge in [-0.15, -0.1) is 26.1 Å². The molecular formula is C20H25N2P. The Kier molecular flexibility index (Phi) is 4.57. The molecule has 0 bridgehead atoms. The molecule has 0 spiro atoms. The van der Waals surface area contributed by atoms with Crippen LogP contribution in [0.4, 0.5) is 5.69 Å². The van der Waals surface area contributed by atoms with Gasteiger partial charge in [-0.05, 0) is 50.3 Å². The van der Waals surface area contributed by atoms with Crippen LogP contribution < -0.4 is 0 Å². The quantitative estimate of drug-likeness (QED) is 0.456. The van der Waals surface area contributed by atoms with Gasteiger partial charge >= 0.3 is 0 Å². The average Bonchev–Trinajstić information content (AvgIpc) is 2.46. The lowest BCUT2D eigenvalue weighted by molar-refractivity contribution is -0.404. The van der Waals surface area contributed by atoms with Gasteiger partial charge in [-0.1, -0.05) is 24.3 Å². The predicted octanol–water partition coefficient (Wildman–Crippen LogP) is 4.26. The lowest BCUT2D eigenvalue weighted by atomic mass is 9.87. The molecule has 1 aliphatic carbocycles. The molecule has 2 nitrogen and oxygen atoms in total. The molecule has 0 unspecified atom stereocenters. The molecule has 0 aromatic heterocycles. The molecule has 0 amide bonds. The van der Waals surface area contributed by atoms with E-state index in [1.54, 1.807) is 0 Å². The fraction of sp³-hybridized carbons (Fsp3) is 0.300. The van der Waals surface area contributed by atoms with Crippen molar-refractivity contribution in [3.05, 3.63) is 64.7 Å². The van der Waals surface area contributed by atoms with E-state index in [9.17, 15) is 0 Å². The normalized spacial score (nSPS) is 16.4. The highest BCUT2D eigenvalue weighted by Crippen LogP contribution is 2.44. The third-order valence-electron chi connectivity index (χ3n) is 4.13. The highest BCUT2D eigenvalue weighted by molar-refractivity contribution is 7.56. The summed E-state index contributed by atoms with van der Waals surface area (Å²) in [7, 11) is 4.25. The van der Waals surface area contributed by atoms with E-state index < -0.39 is 0 Å². The molecule has 2 aliphatic rings. The van der Waals surface area contributed by atoms with Gasteiger partial charge in [0.2, 0.25) is 0 Å². The molecule has 0 saturated heterocycles. The maximum atomic E-state index is 4.42. The lowest BCUT2D eigenvalue weighted by Crippen LogP contribution is -2.25. The minimum atomic E-state index is 0.0235. The number of rotatable bonds is 4. The van der Waals surface area contributed by atoms with Gasteiger partial charge in [-0.3, -0.25) is 0 Å². The Morgan fingerprint density at radius 1 is 1.26 bits per heavy atom. The van der Waals surface area contributed by atoms with Gasteiger partial charge < -0.3 is 4.90 Å². The van der Waals surface area contributed by atoms with E-state index in [0.29, 0.717) is 0 Å². The summed E-state index contributed by atoms with van der Waals surface area (Å²) < 4.78 is 2.16. The van der Waals surface area contributed by atoms with Gasteiger partial charge in [0.25, 0.3) is 0 Å². The summed E-state index contributed by atoms with van der Waals surface area (Å²) in [4.78, 5) is 2.21. The van der Waals surface area contributed by atoms with Crippen LogP contribution in [0.5, 0.6) is 0 Å². The van der Waals surface area contributed by atoms with E-state index in [1.165, 1.54) is 34.0 Å². The number of benzene rings is 1. The second-order valence-electron chi connectivity index (χ2n) is 6.76. The highest BCUT2D eigenvalue weighted by Gasteiger charge is 2.31. The molecule has 1 aromatic rings. The Labute approximate surface area is 141 Å². The first-order valence-electron chi connectivity index (χ1n) is 7.96. The van der Waals surface area contributed by atoms with Gasteiger partial charge in [-0.2, -0.15) is 0 Å². The summed E-state index contributed by atoms with van der Waals surface area (Å²) in [5.74, 6) is 0. The molecule has 120 valence electrons. The Morgan fingerprint density at radius 3 is 2.74 bits per heavy atom. The first-order chi connectivity index (χ1) is 11.0. The third-order valence-corrected chi connectivity index (χ3v) is 5.10. The predicted molar refractivity (Wildman–Crippen MR) is 103 cm³/mol. The van der Waals surface area contributed by atoms with E-state index in [0.717, 1.165) is 12.7 Å². The second kappa shape index (κ2) is 6.47. The summed E-state index contributed by atoms with van der Waals surface area (Å²) in [5, 5.41) is 0. The minimum absolute atomic E-state index is 0.0235. The Balaban J connectivity index is 2.07. The molecule has 0 radical (unpaired) electrons. The van der Waals surface area contributed by atoms with E-state index in [1.807, 2.05) is 0 Å². The van der Waals surface area contributed by atoms with Crippen LogP contribution in [-0.4, -0.2) is 49.8 Å². The van der Waals surface area contributed by atoms with Crippen LogP contribution in [0.25, 0.3) is 6.08 Å². The van der Waals surface area contributed by atoms with Crippen LogP contribution in [0.3, 0.4) is 0 Å². The van der Waals surface area contributed by atoms with Crippen LogP contribution in [-0.2, 0) is 6.54 Å². The fourth-order valence-electron chi connectivity index (χ4n) is 3.33. The van der Waals surface area contributed by atoms with Crippen molar-refractivity contribution in [2.75, 3.05) is 33.6 Å². The van der Waals surface area contributed by atoms with Crippen molar-refractivity contribution in [2.45, 2.75) is 6.54 Å².